The summed E-state index contributed by atoms with van der Waals surface area (Å²) in [5.74, 6) is 2.46. The van der Waals surface area contributed by atoms with Gasteiger partial charge in [-0.2, -0.15) is 4.98 Å². The molecule has 0 bridgehead atoms. The average molecular weight is 381 g/mol. The predicted molar refractivity (Wildman–Crippen MR) is 93.6 cm³/mol. The summed E-state index contributed by atoms with van der Waals surface area (Å²) >= 11 is 11.9. The molecule has 0 amide bonds. The lowest BCUT2D eigenvalue weighted by Gasteiger charge is -2.07. The first kappa shape index (κ1) is 17.4. The van der Waals surface area contributed by atoms with Crippen LogP contribution in [0.5, 0.6) is 17.2 Å². The quantitative estimate of drug-likeness (QED) is 0.620. The standard InChI is InChI=1S/C17H14Cl2N2O4/c1-22-12-3-4-14(15(8-12)23-2)17-20-16(25-21-17)9-24-13-6-10(18)5-11(19)7-13/h3-8H,9H2,1-2H3. The minimum atomic E-state index is 0.0855. The van der Waals surface area contributed by atoms with Gasteiger partial charge < -0.3 is 18.7 Å². The topological polar surface area (TPSA) is 66.6 Å². The van der Waals surface area contributed by atoms with Gasteiger partial charge in [0, 0.05) is 16.1 Å². The van der Waals surface area contributed by atoms with Crippen LogP contribution in [0.15, 0.2) is 40.9 Å². The summed E-state index contributed by atoms with van der Waals surface area (Å²) in [6.07, 6.45) is 0. The maximum atomic E-state index is 5.93. The zero-order valence-corrected chi connectivity index (χ0v) is 15.0. The van der Waals surface area contributed by atoms with Crippen LogP contribution in [0.4, 0.5) is 0 Å². The Kier molecular flexibility index (Phi) is 5.31. The van der Waals surface area contributed by atoms with Crippen molar-refractivity contribution in [3.63, 3.8) is 0 Å². The molecular weight excluding hydrogens is 367 g/mol. The van der Waals surface area contributed by atoms with Crippen molar-refractivity contribution in [2.75, 3.05) is 14.2 Å². The van der Waals surface area contributed by atoms with Crippen molar-refractivity contribution in [1.82, 2.24) is 10.1 Å². The maximum absolute atomic E-state index is 5.93. The van der Waals surface area contributed by atoms with Crippen LogP contribution in [0, 0.1) is 0 Å². The third kappa shape index (κ3) is 4.15. The number of ether oxygens (including phenoxy) is 3. The van der Waals surface area contributed by atoms with Crippen molar-refractivity contribution in [3.8, 4) is 28.6 Å². The highest BCUT2D eigenvalue weighted by molar-refractivity contribution is 6.34. The van der Waals surface area contributed by atoms with Crippen LogP contribution in [-0.4, -0.2) is 24.4 Å². The molecule has 0 aliphatic carbocycles. The van der Waals surface area contributed by atoms with Gasteiger partial charge in [0.15, 0.2) is 6.61 Å². The Hall–Kier alpha value is -2.44. The van der Waals surface area contributed by atoms with E-state index < -0.39 is 0 Å². The molecule has 1 heterocycles. The van der Waals surface area contributed by atoms with Gasteiger partial charge in [0.1, 0.15) is 17.2 Å². The van der Waals surface area contributed by atoms with Gasteiger partial charge in [-0.05, 0) is 30.3 Å². The summed E-state index contributed by atoms with van der Waals surface area (Å²) in [5.41, 5.74) is 0.684. The molecular formula is C17H14Cl2N2O4. The van der Waals surface area contributed by atoms with Crippen molar-refractivity contribution in [3.05, 3.63) is 52.3 Å². The average Bonchev–Trinajstić information content (AvgIpc) is 3.07. The van der Waals surface area contributed by atoms with E-state index in [-0.39, 0.29) is 6.61 Å². The maximum Gasteiger partial charge on any atom is 0.264 e. The van der Waals surface area contributed by atoms with Gasteiger partial charge in [-0.3, -0.25) is 0 Å². The SMILES string of the molecule is COc1ccc(-c2noc(COc3cc(Cl)cc(Cl)c3)n2)c(OC)c1. The summed E-state index contributed by atoms with van der Waals surface area (Å²) < 4.78 is 21.3. The van der Waals surface area contributed by atoms with Crippen molar-refractivity contribution in [1.29, 1.82) is 0 Å². The number of hydrogen-bond donors (Lipinski definition) is 0. The molecule has 6 nitrogen and oxygen atoms in total. The molecule has 0 aliphatic heterocycles. The molecule has 0 fully saturated rings. The number of hydrogen-bond acceptors (Lipinski definition) is 6. The van der Waals surface area contributed by atoms with E-state index in [2.05, 4.69) is 10.1 Å². The fourth-order valence-electron chi connectivity index (χ4n) is 2.16. The highest BCUT2D eigenvalue weighted by atomic mass is 35.5. The first-order valence-electron chi connectivity index (χ1n) is 7.23. The number of nitrogens with zero attached hydrogens (tertiary/aromatic N) is 2. The Morgan fingerprint density at radius 2 is 1.72 bits per heavy atom. The van der Waals surface area contributed by atoms with Crippen LogP contribution < -0.4 is 14.2 Å². The lowest BCUT2D eigenvalue weighted by molar-refractivity contribution is 0.243. The lowest BCUT2D eigenvalue weighted by Crippen LogP contribution is -1.96. The van der Waals surface area contributed by atoms with Crippen LogP contribution in [0.2, 0.25) is 10.0 Å². The molecule has 1 aromatic heterocycles. The Morgan fingerprint density at radius 1 is 0.960 bits per heavy atom. The minimum Gasteiger partial charge on any atom is -0.497 e. The van der Waals surface area contributed by atoms with Gasteiger partial charge in [0.25, 0.3) is 5.89 Å². The Labute approximate surface area is 154 Å². The summed E-state index contributed by atoms with van der Waals surface area (Å²) in [5, 5.41) is 4.92. The number of aromatic nitrogens is 2. The molecule has 3 rings (SSSR count). The van der Waals surface area contributed by atoms with E-state index in [9.17, 15) is 0 Å². The normalized spacial score (nSPS) is 10.6. The summed E-state index contributed by atoms with van der Waals surface area (Å²) in [6.45, 7) is 0.0855. The third-order valence-corrected chi connectivity index (χ3v) is 3.75. The molecule has 0 radical (unpaired) electrons. The number of methoxy groups -OCH3 is 2. The lowest BCUT2D eigenvalue weighted by atomic mass is 10.2. The Morgan fingerprint density at radius 3 is 2.40 bits per heavy atom. The van der Waals surface area contributed by atoms with Crippen molar-refractivity contribution in [2.45, 2.75) is 6.61 Å². The highest BCUT2D eigenvalue weighted by Gasteiger charge is 2.15. The second-order valence-electron chi connectivity index (χ2n) is 4.97. The molecule has 0 saturated carbocycles. The summed E-state index contributed by atoms with van der Waals surface area (Å²) in [6, 6.07) is 10.3. The third-order valence-electron chi connectivity index (χ3n) is 3.32. The predicted octanol–water partition coefficient (Wildman–Crippen LogP) is 4.64. The van der Waals surface area contributed by atoms with Gasteiger partial charge >= 0.3 is 0 Å². The molecule has 3 aromatic rings. The molecule has 0 saturated heterocycles. The smallest absolute Gasteiger partial charge is 0.264 e. The van der Waals surface area contributed by atoms with E-state index in [4.69, 9.17) is 41.9 Å². The van der Waals surface area contributed by atoms with E-state index in [1.807, 2.05) is 0 Å². The highest BCUT2D eigenvalue weighted by Crippen LogP contribution is 2.31. The largest absolute Gasteiger partial charge is 0.497 e. The fraction of sp³-hybridized carbons (Fsp3) is 0.176. The molecule has 2 aromatic carbocycles. The first-order chi connectivity index (χ1) is 12.1. The fourth-order valence-corrected chi connectivity index (χ4v) is 2.67. The number of rotatable bonds is 6. The van der Waals surface area contributed by atoms with Crippen molar-refractivity contribution >= 4 is 23.2 Å². The molecule has 0 unspecified atom stereocenters. The number of benzene rings is 2. The van der Waals surface area contributed by atoms with Crippen LogP contribution in [0.25, 0.3) is 11.4 Å². The zero-order chi connectivity index (χ0) is 17.8. The van der Waals surface area contributed by atoms with E-state index in [0.29, 0.717) is 44.6 Å². The molecule has 0 atom stereocenters. The Bertz CT molecular complexity index is 863. The van der Waals surface area contributed by atoms with Gasteiger partial charge in [-0.1, -0.05) is 28.4 Å². The van der Waals surface area contributed by atoms with Crippen molar-refractivity contribution < 1.29 is 18.7 Å². The van der Waals surface area contributed by atoms with E-state index in [1.54, 1.807) is 50.6 Å². The van der Waals surface area contributed by atoms with Gasteiger partial charge in [0.2, 0.25) is 5.82 Å². The summed E-state index contributed by atoms with van der Waals surface area (Å²) in [7, 11) is 3.14. The molecule has 130 valence electrons. The molecule has 0 aliphatic rings. The van der Waals surface area contributed by atoms with Gasteiger partial charge in [0.05, 0.1) is 19.8 Å². The number of halogens is 2. The van der Waals surface area contributed by atoms with Crippen LogP contribution >= 0.6 is 23.2 Å². The summed E-state index contributed by atoms with van der Waals surface area (Å²) in [4.78, 5) is 4.31. The minimum absolute atomic E-state index is 0.0855. The molecule has 25 heavy (non-hydrogen) atoms. The van der Waals surface area contributed by atoms with E-state index >= 15 is 0 Å². The second-order valence-corrected chi connectivity index (χ2v) is 5.84. The van der Waals surface area contributed by atoms with Gasteiger partial charge in [-0.25, -0.2) is 0 Å². The molecule has 0 N–H and O–H groups in total. The van der Waals surface area contributed by atoms with Crippen LogP contribution in [0.1, 0.15) is 5.89 Å². The Balaban J connectivity index is 1.76. The zero-order valence-electron chi connectivity index (χ0n) is 13.5. The van der Waals surface area contributed by atoms with Gasteiger partial charge in [-0.15, -0.1) is 0 Å². The van der Waals surface area contributed by atoms with Crippen LogP contribution in [-0.2, 0) is 6.61 Å². The van der Waals surface area contributed by atoms with Crippen LogP contribution in [0.3, 0.4) is 0 Å². The molecule has 8 heteroatoms. The van der Waals surface area contributed by atoms with Crippen molar-refractivity contribution in [2.24, 2.45) is 0 Å². The second kappa shape index (κ2) is 7.63. The first-order valence-corrected chi connectivity index (χ1v) is 7.98. The molecule has 0 spiro atoms. The van der Waals surface area contributed by atoms with E-state index in [0.717, 1.165) is 0 Å². The van der Waals surface area contributed by atoms with E-state index in [1.165, 1.54) is 0 Å². The monoisotopic (exact) mass is 380 g/mol.